The fourth-order valence-electron chi connectivity index (χ4n) is 2.07. The van der Waals surface area contributed by atoms with Crippen molar-refractivity contribution in [1.29, 1.82) is 5.26 Å². The topological polar surface area (TPSA) is 35.8 Å². The summed E-state index contributed by atoms with van der Waals surface area (Å²) in [6, 6.07) is 6.99. The zero-order valence-corrected chi connectivity index (χ0v) is 11.2. The lowest BCUT2D eigenvalue weighted by Gasteiger charge is -2.20. The van der Waals surface area contributed by atoms with E-state index in [4.69, 9.17) is 5.26 Å². The van der Waals surface area contributed by atoms with Crippen LogP contribution in [0.1, 0.15) is 51.5 Å². The maximum atomic E-state index is 13.5. The smallest absolute Gasteiger partial charge is 0.143 e. The van der Waals surface area contributed by atoms with E-state index in [2.05, 4.69) is 19.2 Å². The molecule has 1 aromatic carbocycles. The van der Waals surface area contributed by atoms with Gasteiger partial charge in [0.1, 0.15) is 17.4 Å². The number of nitriles is 1. The molecule has 2 nitrogen and oxygen atoms in total. The summed E-state index contributed by atoms with van der Waals surface area (Å²) in [5.74, 6) is -0.451. The summed E-state index contributed by atoms with van der Waals surface area (Å²) in [6.45, 7) is 4.29. The Bertz CT molecular complexity index is 409. The monoisotopic (exact) mass is 248 g/mol. The zero-order chi connectivity index (χ0) is 13.4. The van der Waals surface area contributed by atoms with Crippen molar-refractivity contribution in [2.75, 3.05) is 5.32 Å². The third-order valence-electron chi connectivity index (χ3n) is 3.03. The summed E-state index contributed by atoms with van der Waals surface area (Å²) < 4.78 is 13.5. The van der Waals surface area contributed by atoms with Crippen LogP contribution in [0.5, 0.6) is 0 Å². The lowest BCUT2D eigenvalue weighted by atomic mass is 10.0. The van der Waals surface area contributed by atoms with E-state index in [1.165, 1.54) is 6.07 Å². The third kappa shape index (κ3) is 4.03. The van der Waals surface area contributed by atoms with Crippen LogP contribution in [0.2, 0.25) is 0 Å². The highest BCUT2D eigenvalue weighted by Gasteiger charge is 2.12. The number of benzene rings is 1. The number of unbranched alkanes of at least 4 members (excludes halogenated alkanes) is 1. The predicted molar refractivity (Wildman–Crippen MR) is 73.0 cm³/mol. The number of nitrogens with one attached hydrogen (secondary N) is 1. The van der Waals surface area contributed by atoms with Gasteiger partial charge in [-0.05, 0) is 25.0 Å². The largest absolute Gasteiger partial charge is 0.381 e. The molecule has 1 aromatic rings. The minimum atomic E-state index is -0.451. The lowest BCUT2D eigenvalue weighted by molar-refractivity contribution is 0.563. The first-order chi connectivity index (χ1) is 8.72. The molecule has 0 amide bonds. The fraction of sp³-hybridized carbons (Fsp3) is 0.533. The van der Waals surface area contributed by atoms with E-state index >= 15 is 0 Å². The van der Waals surface area contributed by atoms with Gasteiger partial charge >= 0.3 is 0 Å². The van der Waals surface area contributed by atoms with Crippen molar-refractivity contribution in [2.45, 2.75) is 52.0 Å². The third-order valence-corrected chi connectivity index (χ3v) is 3.03. The van der Waals surface area contributed by atoms with Gasteiger partial charge in [-0.25, -0.2) is 4.39 Å². The van der Waals surface area contributed by atoms with Crippen LogP contribution in [0.15, 0.2) is 18.2 Å². The molecule has 1 unspecified atom stereocenters. The van der Waals surface area contributed by atoms with Gasteiger partial charge in [0, 0.05) is 6.04 Å². The first-order valence-corrected chi connectivity index (χ1v) is 6.68. The number of anilines is 1. The number of hydrogen-bond donors (Lipinski definition) is 1. The van der Waals surface area contributed by atoms with E-state index in [0.717, 1.165) is 32.1 Å². The first kappa shape index (κ1) is 14.5. The van der Waals surface area contributed by atoms with Crippen LogP contribution in [0, 0.1) is 17.1 Å². The zero-order valence-electron chi connectivity index (χ0n) is 11.2. The Morgan fingerprint density at radius 1 is 1.28 bits per heavy atom. The Morgan fingerprint density at radius 2 is 2.06 bits per heavy atom. The molecule has 1 N–H and O–H groups in total. The van der Waals surface area contributed by atoms with Crippen molar-refractivity contribution in [3.8, 4) is 6.07 Å². The van der Waals surface area contributed by atoms with Crippen LogP contribution in [0.4, 0.5) is 10.1 Å². The average Bonchev–Trinajstić information content (AvgIpc) is 2.36. The fourth-order valence-corrected chi connectivity index (χ4v) is 2.07. The summed E-state index contributed by atoms with van der Waals surface area (Å²) >= 11 is 0. The standard InChI is InChI=1S/C15H21FN2/c1-3-5-8-12(7-4-2)18-15-10-6-9-14(16)13(15)11-17/h6,9-10,12,18H,3-5,7-8H2,1-2H3. The summed E-state index contributed by atoms with van der Waals surface area (Å²) in [4.78, 5) is 0. The molecule has 0 saturated heterocycles. The number of hydrogen-bond acceptors (Lipinski definition) is 2. The van der Waals surface area contributed by atoms with Gasteiger partial charge in [0.15, 0.2) is 0 Å². The van der Waals surface area contributed by atoms with Crippen LogP contribution in [-0.2, 0) is 0 Å². The molecule has 1 atom stereocenters. The van der Waals surface area contributed by atoms with Gasteiger partial charge in [0.25, 0.3) is 0 Å². The summed E-state index contributed by atoms with van der Waals surface area (Å²) in [5, 5.41) is 12.3. The normalized spacial score (nSPS) is 11.9. The van der Waals surface area contributed by atoms with Crippen LogP contribution < -0.4 is 5.32 Å². The minimum absolute atomic E-state index is 0.120. The molecule has 0 saturated carbocycles. The maximum absolute atomic E-state index is 13.5. The molecule has 0 fully saturated rings. The SMILES string of the molecule is CCCCC(CCC)Nc1cccc(F)c1C#N. The second-order valence-corrected chi connectivity index (χ2v) is 4.55. The van der Waals surface area contributed by atoms with E-state index < -0.39 is 5.82 Å². The molecular weight excluding hydrogens is 227 g/mol. The molecule has 0 radical (unpaired) electrons. The van der Waals surface area contributed by atoms with E-state index in [1.807, 2.05) is 6.07 Å². The molecule has 18 heavy (non-hydrogen) atoms. The van der Waals surface area contributed by atoms with Crippen molar-refractivity contribution >= 4 is 5.69 Å². The Kier molecular flexibility index (Phi) is 6.21. The van der Waals surface area contributed by atoms with E-state index in [0.29, 0.717) is 11.7 Å². The van der Waals surface area contributed by atoms with Gasteiger partial charge in [-0.15, -0.1) is 0 Å². The molecule has 0 aliphatic heterocycles. The highest BCUT2D eigenvalue weighted by Crippen LogP contribution is 2.21. The lowest BCUT2D eigenvalue weighted by Crippen LogP contribution is -2.20. The van der Waals surface area contributed by atoms with E-state index in [-0.39, 0.29) is 5.56 Å². The average molecular weight is 248 g/mol. The molecule has 1 rings (SSSR count). The number of rotatable bonds is 7. The maximum Gasteiger partial charge on any atom is 0.143 e. The van der Waals surface area contributed by atoms with Gasteiger partial charge in [0.2, 0.25) is 0 Å². The van der Waals surface area contributed by atoms with Crippen LogP contribution in [-0.4, -0.2) is 6.04 Å². The van der Waals surface area contributed by atoms with Crippen molar-refractivity contribution in [3.63, 3.8) is 0 Å². The first-order valence-electron chi connectivity index (χ1n) is 6.68. The van der Waals surface area contributed by atoms with Gasteiger partial charge in [0.05, 0.1) is 5.69 Å². The summed E-state index contributed by atoms with van der Waals surface area (Å²) in [7, 11) is 0. The molecule has 98 valence electrons. The van der Waals surface area contributed by atoms with Crippen LogP contribution >= 0.6 is 0 Å². The molecular formula is C15H21FN2. The molecule has 0 aliphatic rings. The van der Waals surface area contributed by atoms with E-state index in [1.54, 1.807) is 12.1 Å². The molecule has 0 aliphatic carbocycles. The highest BCUT2D eigenvalue weighted by molar-refractivity contribution is 5.58. The molecule has 0 heterocycles. The van der Waals surface area contributed by atoms with Gasteiger partial charge in [-0.2, -0.15) is 5.26 Å². The molecule has 3 heteroatoms. The Morgan fingerprint density at radius 3 is 2.67 bits per heavy atom. The molecule has 0 aromatic heterocycles. The Hall–Kier alpha value is -1.56. The number of nitrogens with zero attached hydrogens (tertiary/aromatic N) is 1. The van der Waals surface area contributed by atoms with Crippen molar-refractivity contribution < 1.29 is 4.39 Å². The minimum Gasteiger partial charge on any atom is -0.381 e. The summed E-state index contributed by atoms with van der Waals surface area (Å²) in [6.07, 6.45) is 5.48. The predicted octanol–water partition coefficient (Wildman–Crippen LogP) is 4.47. The van der Waals surface area contributed by atoms with Gasteiger partial charge < -0.3 is 5.32 Å². The molecule has 0 bridgehead atoms. The quantitative estimate of drug-likeness (QED) is 0.772. The highest BCUT2D eigenvalue weighted by atomic mass is 19.1. The Balaban J connectivity index is 2.80. The number of halogens is 1. The van der Waals surface area contributed by atoms with Crippen molar-refractivity contribution in [1.82, 2.24) is 0 Å². The Labute approximate surface area is 109 Å². The van der Waals surface area contributed by atoms with Crippen molar-refractivity contribution in [2.24, 2.45) is 0 Å². The second kappa shape index (κ2) is 7.71. The second-order valence-electron chi connectivity index (χ2n) is 4.55. The van der Waals surface area contributed by atoms with Crippen molar-refractivity contribution in [3.05, 3.63) is 29.6 Å². The van der Waals surface area contributed by atoms with Crippen LogP contribution in [0.25, 0.3) is 0 Å². The van der Waals surface area contributed by atoms with Crippen LogP contribution in [0.3, 0.4) is 0 Å². The van der Waals surface area contributed by atoms with Gasteiger partial charge in [-0.1, -0.05) is 39.2 Å². The summed E-state index contributed by atoms with van der Waals surface area (Å²) in [5.41, 5.74) is 0.738. The van der Waals surface area contributed by atoms with Gasteiger partial charge in [-0.3, -0.25) is 0 Å². The van der Waals surface area contributed by atoms with E-state index in [9.17, 15) is 4.39 Å². The molecule has 0 spiro atoms.